The van der Waals surface area contributed by atoms with E-state index < -0.39 is 18.1 Å². The number of rotatable bonds is 6. The van der Waals surface area contributed by atoms with Crippen LogP contribution in [0.1, 0.15) is 18.6 Å². The number of hydrogen-bond acceptors (Lipinski definition) is 5. The Labute approximate surface area is 121 Å². The van der Waals surface area contributed by atoms with Crippen molar-refractivity contribution in [1.82, 2.24) is 10.3 Å². The lowest BCUT2D eigenvalue weighted by Gasteiger charge is -2.21. The van der Waals surface area contributed by atoms with E-state index in [1.807, 2.05) is 6.07 Å². The van der Waals surface area contributed by atoms with Gasteiger partial charge < -0.3 is 15.2 Å². The zero-order chi connectivity index (χ0) is 15.2. The summed E-state index contributed by atoms with van der Waals surface area (Å²) < 4.78 is 4.85. The number of benzene rings is 1. The fraction of sp³-hybridized carbons (Fsp3) is 0.267. The number of amides is 1. The Kier molecular flexibility index (Phi) is 4.84. The van der Waals surface area contributed by atoms with E-state index in [1.165, 1.54) is 0 Å². The molecule has 2 N–H and O–H groups in total. The van der Waals surface area contributed by atoms with Crippen molar-refractivity contribution in [2.45, 2.75) is 19.1 Å². The molecular weight excluding hydrogens is 272 g/mol. The Morgan fingerprint density at radius 2 is 2.29 bits per heavy atom. The predicted molar refractivity (Wildman–Crippen MR) is 76.3 cm³/mol. The molecule has 1 aromatic heterocycles. The molecule has 2 unspecified atom stereocenters. The number of carbonyl (C=O) groups is 2. The van der Waals surface area contributed by atoms with E-state index >= 15 is 0 Å². The van der Waals surface area contributed by atoms with Crippen molar-refractivity contribution in [3.63, 3.8) is 0 Å². The summed E-state index contributed by atoms with van der Waals surface area (Å²) in [7, 11) is 0. The van der Waals surface area contributed by atoms with Crippen LogP contribution in [0.5, 0.6) is 0 Å². The highest BCUT2D eigenvalue weighted by Gasteiger charge is 2.29. The number of aromatic nitrogens is 1. The molecule has 1 aromatic carbocycles. The third-order valence-corrected chi connectivity index (χ3v) is 3.07. The first-order valence-corrected chi connectivity index (χ1v) is 6.56. The zero-order valence-corrected chi connectivity index (χ0v) is 11.5. The first-order valence-electron chi connectivity index (χ1n) is 6.56. The minimum Gasteiger partial charge on any atom is -0.464 e. The fourth-order valence-electron chi connectivity index (χ4n) is 2.06. The lowest BCUT2D eigenvalue weighted by molar-refractivity contribution is -0.149. The quantitative estimate of drug-likeness (QED) is 0.610. The van der Waals surface area contributed by atoms with Crippen molar-refractivity contribution in [2.75, 3.05) is 6.61 Å². The van der Waals surface area contributed by atoms with Gasteiger partial charge in [0.15, 0.2) is 6.04 Å². The third-order valence-electron chi connectivity index (χ3n) is 3.07. The van der Waals surface area contributed by atoms with Gasteiger partial charge in [-0.1, -0.05) is 12.1 Å². The van der Waals surface area contributed by atoms with Gasteiger partial charge in [0.25, 0.3) is 0 Å². The standard InChI is InChI=1S/C15H16N2O4/c1-2-21-15(20)13(17-9-18)14(19)11-5-6-12-10(8-11)4-3-7-16-12/h3-9,13-14,19H,2H2,1H3,(H,17,18). The van der Waals surface area contributed by atoms with Gasteiger partial charge in [0.2, 0.25) is 6.41 Å². The summed E-state index contributed by atoms with van der Waals surface area (Å²) in [6.45, 7) is 1.83. The SMILES string of the molecule is CCOC(=O)C(NC=O)C(O)c1ccc2ncccc2c1. The molecule has 0 bridgehead atoms. The largest absolute Gasteiger partial charge is 0.464 e. The first-order chi connectivity index (χ1) is 10.2. The molecule has 0 aliphatic carbocycles. The maximum Gasteiger partial charge on any atom is 0.331 e. The van der Waals surface area contributed by atoms with E-state index in [-0.39, 0.29) is 6.61 Å². The second-order valence-electron chi connectivity index (χ2n) is 4.41. The summed E-state index contributed by atoms with van der Waals surface area (Å²) in [5, 5.41) is 13.5. The number of pyridine rings is 1. The van der Waals surface area contributed by atoms with Gasteiger partial charge in [0, 0.05) is 11.6 Å². The molecule has 6 heteroatoms. The number of ether oxygens (including phenoxy) is 1. The van der Waals surface area contributed by atoms with Crippen molar-refractivity contribution >= 4 is 23.3 Å². The van der Waals surface area contributed by atoms with Crippen LogP contribution >= 0.6 is 0 Å². The van der Waals surface area contributed by atoms with Crippen LogP contribution in [0.2, 0.25) is 0 Å². The Hall–Kier alpha value is -2.47. The number of carbonyl (C=O) groups excluding carboxylic acids is 2. The molecule has 2 atom stereocenters. The number of hydrogen-bond donors (Lipinski definition) is 2. The van der Waals surface area contributed by atoms with E-state index in [9.17, 15) is 14.7 Å². The van der Waals surface area contributed by atoms with Gasteiger partial charge in [0.05, 0.1) is 12.1 Å². The molecule has 0 spiro atoms. The minimum atomic E-state index is -1.20. The number of aliphatic hydroxyl groups is 1. The normalized spacial score (nSPS) is 13.4. The van der Waals surface area contributed by atoms with Gasteiger partial charge in [-0.3, -0.25) is 9.78 Å². The molecule has 0 fully saturated rings. The Morgan fingerprint density at radius 3 is 3.00 bits per heavy atom. The molecule has 2 aromatic rings. The second-order valence-corrected chi connectivity index (χ2v) is 4.41. The molecule has 0 saturated heterocycles. The smallest absolute Gasteiger partial charge is 0.331 e. The summed E-state index contributed by atoms with van der Waals surface area (Å²) in [6, 6.07) is 7.63. The van der Waals surface area contributed by atoms with E-state index in [2.05, 4.69) is 10.3 Å². The topological polar surface area (TPSA) is 88.5 Å². The summed E-state index contributed by atoms with van der Waals surface area (Å²) in [5.74, 6) is -0.677. The van der Waals surface area contributed by atoms with E-state index in [0.717, 1.165) is 10.9 Å². The van der Waals surface area contributed by atoms with Crippen molar-refractivity contribution in [2.24, 2.45) is 0 Å². The van der Waals surface area contributed by atoms with Crippen LogP contribution in [0, 0.1) is 0 Å². The molecule has 0 aliphatic heterocycles. The Bertz CT molecular complexity index is 644. The van der Waals surface area contributed by atoms with Crippen LogP contribution in [0.15, 0.2) is 36.5 Å². The highest BCUT2D eigenvalue weighted by molar-refractivity contribution is 5.81. The monoisotopic (exact) mass is 288 g/mol. The first kappa shape index (κ1) is 14.9. The molecule has 0 saturated carbocycles. The van der Waals surface area contributed by atoms with E-state index in [1.54, 1.807) is 37.4 Å². The molecule has 2 rings (SSSR count). The highest BCUT2D eigenvalue weighted by atomic mass is 16.5. The molecule has 110 valence electrons. The summed E-state index contributed by atoms with van der Waals surface area (Å²) in [5.41, 5.74) is 1.28. The predicted octanol–water partition coefficient (Wildman–Crippen LogP) is 0.946. The van der Waals surface area contributed by atoms with Crippen molar-refractivity contribution < 1.29 is 19.4 Å². The summed E-state index contributed by atoms with van der Waals surface area (Å²) in [6.07, 6.45) is 0.847. The van der Waals surface area contributed by atoms with Gasteiger partial charge in [-0.25, -0.2) is 4.79 Å². The average molecular weight is 288 g/mol. The van der Waals surface area contributed by atoms with Crippen molar-refractivity contribution in [3.05, 3.63) is 42.1 Å². The van der Waals surface area contributed by atoms with Gasteiger partial charge >= 0.3 is 5.97 Å². The summed E-state index contributed by atoms with van der Waals surface area (Å²) >= 11 is 0. The number of aliphatic hydroxyl groups excluding tert-OH is 1. The molecular formula is C15H16N2O4. The second kappa shape index (κ2) is 6.81. The number of esters is 1. The molecule has 0 aliphatic rings. The number of nitrogens with one attached hydrogen (secondary N) is 1. The molecule has 6 nitrogen and oxygen atoms in total. The third kappa shape index (κ3) is 3.35. The lowest BCUT2D eigenvalue weighted by atomic mass is 10.0. The Morgan fingerprint density at radius 1 is 1.48 bits per heavy atom. The van der Waals surface area contributed by atoms with Crippen LogP contribution < -0.4 is 5.32 Å². The number of fused-ring (bicyclic) bond motifs is 1. The molecule has 21 heavy (non-hydrogen) atoms. The average Bonchev–Trinajstić information content (AvgIpc) is 2.51. The summed E-state index contributed by atoms with van der Waals surface area (Å²) in [4.78, 5) is 26.6. The van der Waals surface area contributed by atoms with E-state index in [0.29, 0.717) is 12.0 Å². The van der Waals surface area contributed by atoms with Crippen molar-refractivity contribution in [3.8, 4) is 0 Å². The van der Waals surface area contributed by atoms with Crippen LogP contribution in [-0.2, 0) is 14.3 Å². The molecule has 0 radical (unpaired) electrons. The van der Waals surface area contributed by atoms with Gasteiger partial charge in [-0.15, -0.1) is 0 Å². The minimum absolute atomic E-state index is 0.171. The van der Waals surface area contributed by atoms with Gasteiger partial charge in [0.1, 0.15) is 6.10 Å². The van der Waals surface area contributed by atoms with E-state index in [4.69, 9.17) is 4.74 Å². The lowest BCUT2D eigenvalue weighted by Crippen LogP contribution is -2.42. The maximum atomic E-state index is 11.8. The Balaban J connectivity index is 2.30. The van der Waals surface area contributed by atoms with Crippen molar-refractivity contribution in [1.29, 1.82) is 0 Å². The fourth-order valence-corrected chi connectivity index (χ4v) is 2.06. The number of nitrogens with zero attached hydrogens (tertiary/aromatic N) is 1. The zero-order valence-electron chi connectivity index (χ0n) is 11.5. The highest BCUT2D eigenvalue weighted by Crippen LogP contribution is 2.22. The van der Waals surface area contributed by atoms with Gasteiger partial charge in [-0.2, -0.15) is 0 Å². The van der Waals surface area contributed by atoms with Crippen LogP contribution in [0.25, 0.3) is 10.9 Å². The molecule has 1 heterocycles. The van der Waals surface area contributed by atoms with Crippen LogP contribution in [0.4, 0.5) is 0 Å². The van der Waals surface area contributed by atoms with Gasteiger partial charge in [-0.05, 0) is 30.7 Å². The van der Waals surface area contributed by atoms with Crippen LogP contribution in [0.3, 0.4) is 0 Å². The maximum absolute atomic E-state index is 11.8. The van der Waals surface area contributed by atoms with Crippen LogP contribution in [-0.4, -0.2) is 35.1 Å². The molecule has 1 amide bonds.